The highest BCUT2D eigenvalue weighted by atomic mass is 32.2. The minimum atomic E-state index is -0.259. The number of hydrogen-bond acceptors (Lipinski definition) is 4. The van der Waals surface area contributed by atoms with E-state index in [-0.39, 0.29) is 11.7 Å². The molecule has 116 valence electrons. The Morgan fingerprint density at radius 3 is 2.91 bits per heavy atom. The number of benzene rings is 2. The molecule has 1 saturated heterocycles. The first-order valence-electron chi connectivity index (χ1n) is 7.02. The Hall–Kier alpha value is -2.47. The van der Waals surface area contributed by atoms with E-state index in [2.05, 4.69) is 15.5 Å². The molecule has 3 rings (SSSR count). The Morgan fingerprint density at radius 1 is 1.26 bits per heavy atom. The average molecular weight is 327 g/mol. The summed E-state index contributed by atoms with van der Waals surface area (Å²) in [5.74, 6) is 0.0560. The second-order valence-electron chi connectivity index (χ2n) is 5.07. The summed E-state index contributed by atoms with van der Waals surface area (Å²) in [6, 6.07) is 12.4. The first-order chi connectivity index (χ1) is 11.1. The van der Waals surface area contributed by atoms with Crippen molar-refractivity contribution in [1.82, 2.24) is 5.32 Å². The van der Waals surface area contributed by atoms with Crippen LogP contribution in [0.4, 0.5) is 4.39 Å². The number of amidine groups is 1. The Labute approximate surface area is 137 Å². The Bertz CT molecular complexity index is 817. The predicted molar refractivity (Wildman–Crippen MR) is 92.2 cm³/mol. The quantitative estimate of drug-likeness (QED) is 0.694. The zero-order valence-corrected chi connectivity index (χ0v) is 13.2. The standard InChI is InChI=1S/C17H14FN3OS/c1-11-5-6-14(18)8-15(11)13-4-2-3-12(7-13)9-19-21-17-20-16(22)10-23-17/h2-9H,10H2,1H3,(H,20,21,22). The zero-order valence-electron chi connectivity index (χ0n) is 12.4. The molecule has 1 N–H and O–H groups in total. The Morgan fingerprint density at radius 2 is 2.13 bits per heavy atom. The second kappa shape index (κ2) is 6.75. The maximum atomic E-state index is 13.5. The molecule has 1 heterocycles. The second-order valence-corrected chi connectivity index (χ2v) is 6.04. The van der Waals surface area contributed by atoms with E-state index >= 15 is 0 Å². The third kappa shape index (κ3) is 3.84. The fourth-order valence-electron chi connectivity index (χ4n) is 2.22. The van der Waals surface area contributed by atoms with Crippen molar-refractivity contribution in [2.75, 3.05) is 5.75 Å². The molecule has 23 heavy (non-hydrogen) atoms. The fraction of sp³-hybridized carbons (Fsp3) is 0.118. The lowest BCUT2D eigenvalue weighted by Crippen LogP contribution is -2.19. The van der Waals surface area contributed by atoms with E-state index in [0.29, 0.717) is 10.9 Å². The van der Waals surface area contributed by atoms with Crippen molar-refractivity contribution in [1.29, 1.82) is 0 Å². The van der Waals surface area contributed by atoms with Crippen molar-refractivity contribution >= 4 is 29.1 Å². The molecule has 0 aliphatic carbocycles. The minimum Gasteiger partial charge on any atom is -0.303 e. The third-order valence-corrected chi connectivity index (χ3v) is 4.20. The molecular formula is C17H14FN3OS. The number of carbonyl (C=O) groups excluding carboxylic acids is 1. The maximum Gasteiger partial charge on any atom is 0.236 e. The van der Waals surface area contributed by atoms with Crippen LogP contribution in [0.1, 0.15) is 11.1 Å². The Kier molecular flexibility index (Phi) is 4.52. The number of nitrogens with one attached hydrogen (secondary N) is 1. The van der Waals surface area contributed by atoms with Crippen LogP contribution in [0.5, 0.6) is 0 Å². The molecule has 1 amide bonds. The molecule has 0 radical (unpaired) electrons. The van der Waals surface area contributed by atoms with Crippen LogP contribution in [-0.4, -0.2) is 23.0 Å². The van der Waals surface area contributed by atoms with Gasteiger partial charge in [-0.05, 0) is 47.4 Å². The van der Waals surface area contributed by atoms with Gasteiger partial charge in [0.05, 0.1) is 12.0 Å². The highest BCUT2D eigenvalue weighted by molar-refractivity contribution is 8.15. The van der Waals surface area contributed by atoms with E-state index < -0.39 is 0 Å². The van der Waals surface area contributed by atoms with Gasteiger partial charge in [-0.25, -0.2) is 4.39 Å². The lowest BCUT2D eigenvalue weighted by Gasteiger charge is -2.07. The molecule has 0 aromatic heterocycles. The largest absolute Gasteiger partial charge is 0.303 e. The lowest BCUT2D eigenvalue weighted by atomic mass is 9.99. The highest BCUT2D eigenvalue weighted by Gasteiger charge is 2.15. The van der Waals surface area contributed by atoms with Crippen molar-refractivity contribution in [3.05, 3.63) is 59.4 Å². The van der Waals surface area contributed by atoms with E-state index in [4.69, 9.17) is 0 Å². The number of carbonyl (C=O) groups is 1. The zero-order chi connectivity index (χ0) is 16.2. The van der Waals surface area contributed by atoms with Gasteiger partial charge in [0.1, 0.15) is 5.82 Å². The van der Waals surface area contributed by atoms with Gasteiger partial charge < -0.3 is 5.32 Å². The summed E-state index contributed by atoms with van der Waals surface area (Å²) < 4.78 is 13.5. The van der Waals surface area contributed by atoms with Crippen LogP contribution >= 0.6 is 11.8 Å². The van der Waals surface area contributed by atoms with Crippen LogP contribution < -0.4 is 5.32 Å². The molecule has 6 heteroatoms. The molecule has 2 aromatic carbocycles. The van der Waals surface area contributed by atoms with E-state index in [1.165, 1.54) is 23.9 Å². The van der Waals surface area contributed by atoms with Crippen LogP contribution in [0.3, 0.4) is 0 Å². The van der Waals surface area contributed by atoms with Gasteiger partial charge in [-0.1, -0.05) is 36.0 Å². The first-order valence-corrected chi connectivity index (χ1v) is 8.00. The monoisotopic (exact) mass is 327 g/mol. The summed E-state index contributed by atoms with van der Waals surface area (Å²) in [7, 11) is 0. The molecule has 0 atom stereocenters. The highest BCUT2D eigenvalue weighted by Crippen LogP contribution is 2.24. The van der Waals surface area contributed by atoms with Gasteiger partial charge in [-0.15, -0.1) is 5.10 Å². The van der Waals surface area contributed by atoms with Crippen LogP contribution in [0, 0.1) is 12.7 Å². The van der Waals surface area contributed by atoms with Crippen LogP contribution in [0.2, 0.25) is 0 Å². The number of hydrogen-bond donors (Lipinski definition) is 1. The third-order valence-electron chi connectivity index (χ3n) is 3.34. The number of nitrogens with zero attached hydrogens (tertiary/aromatic N) is 2. The van der Waals surface area contributed by atoms with Gasteiger partial charge >= 0.3 is 0 Å². The summed E-state index contributed by atoms with van der Waals surface area (Å²) >= 11 is 1.32. The molecule has 1 aliphatic heterocycles. The van der Waals surface area contributed by atoms with Crippen molar-refractivity contribution in [3.8, 4) is 11.1 Å². The summed E-state index contributed by atoms with van der Waals surface area (Å²) in [6.07, 6.45) is 1.61. The maximum absolute atomic E-state index is 13.5. The topological polar surface area (TPSA) is 53.8 Å². The molecule has 2 aromatic rings. The van der Waals surface area contributed by atoms with Gasteiger partial charge in [0.25, 0.3) is 0 Å². The molecule has 1 fully saturated rings. The van der Waals surface area contributed by atoms with Gasteiger partial charge in [-0.2, -0.15) is 5.10 Å². The molecule has 1 aliphatic rings. The number of amides is 1. The van der Waals surface area contributed by atoms with Gasteiger partial charge in [0, 0.05) is 0 Å². The fourth-order valence-corrected chi connectivity index (χ4v) is 2.85. The summed E-state index contributed by atoms with van der Waals surface area (Å²) in [4.78, 5) is 11.1. The van der Waals surface area contributed by atoms with Gasteiger partial charge in [0.15, 0.2) is 5.17 Å². The number of thioether (sulfide) groups is 1. The normalized spacial score (nSPS) is 16.3. The van der Waals surface area contributed by atoms with Crippen LogP contribution in [0.15, 0.2) is 52.7 Å². The predicted octanol–water partition coefficient (Wildman–Crippen LogP) is 3.35. The van der Waals surface area contributed by atoms with Crippen molar-refractivity contribution < 1.29 is 9.18 Å². The smallest absolute Gasteiger partial charge is 0.236 e. The molecule has 0 bridgehead atoms. The number of aryl methyl sites for hydroxylation is 1. The molecule has 0 saturated carbocycles. The van der Waals surface area contributed by atoms with Gasteiger partial charge in [0.2, 0.25) is 5.91 Å². The lowest BCUT2D eigenvalue weighted by molar-refractivity contribution is -0.116. The van der Waals surface area contributed by atoms with E-state index in [0.717, 1.165) is 22.3 Å². The number of rotatable bonds is 3. The SMILES string of the molecule is Cc1ccc(F)cc1-c1cccc(C=NN=C2NC(=O)CS2)c1. The summed E-state index contributed by atoms with van der Waals surface area (Å²) in [5, 5.41) is 11.1. The van der Waals surface area contributed by atoms with E-state index in [1.54, 1.807) is 12.3 Å². The number of halogens is 1. The van der Waals surface area contributed by atoms with Crippen LogP contribution in [-0.2, 0) is 4.79 Å². The first kappa shape index (κ1) is 15.4. The van der Waals surface area contributed by atoms with Gasteiger partial charge in [-0.3, -0.25) is 4.79 Å². The van der Waals surface area contributed by atoms with E-state index in [1.807, 2.05) is 31.2 Å². The van der Waals surface area contributed by atoms with Crippen LogP contribution in [0.25, 0.3) is 11.1 Å². The average Bonchev–Trinajstić information content (AvgIpc) is 2.95. The van der Waals surface area contributed by atoms with Crippen molar-refractivity contribution in [2.45, 2.75) is 6.92 Å². The molecule has 0 unspecified atom stereocenters. The minimum absolute atomic E-state index is 0.0625. The molecular weight excluding hydrogens is 313 g/mol. The van der Waals surface area contributed by atoms with Crippen molar-refractivity contribution in [3.63, 3.8) is 0 Å². The summed E-state index contributed by atoms with van der Waals surface area (Å²) in [5.41, 5.74) is 3.63. The summed E-state index contributed by atoms with van der Waals surface area (Å²) in [6.45, 7) is 1.95. The van der Waals surface area contributed by atoms with Crippen molar-refractivity contribution in [2.24, 2.45) is 10.2 Å². The Balaban J connectivity index is 1.83. The van der Waals surface area contributed by atoms with E-state index in [9.17, 15) is 9.18 Å². The molecule has 0 spiro atoms. The molecule has 4 nitrogen and oxygen atoms in total.